The Morgan fingerprint density at radius 3 is 2.95 bits per heavy atom. The van der Waals surface area contributed by atoms with Gasteiger partial charge in [-0.1, -0.05) is 27.6 Å². The fourth-order valence-corrected chi connectivity index (χ4v) is 2.81. The average molecular weight is 366 g/mol. The number of carbonyl (C=O) groups excluding carboxylic acids is 2. The first kappa shape index (κ1) is 16.7. The van der Waals surface area contributed by atoms with E-state index in [1.807, 2.05) is 0 Å². The minimum absolute atomic E-state index is 0.0818. The van der Waals surface area contributed by atoms with Gasteiger partial charge in [0.1, 0.15) is 5.75 Å². The van der Waals surface area contributed by atoms with Crippen molar-refractivity contribution in [3.63, 3.8) is 0 Å². The molecule has 1 aliphatic carbocycles. The third-order valence-corrected chi connectivity index (χ3v) is 4.10. The van der Waals surface area contributed by atoms with Crippen LogP contribution in [0.2, 0.25) is 0 Å². The molecule has 0 unspecified atom stereocenters. The van der Waals surface area contributed by atoms with Crippen molar-refractivity contribution in [1.82, 2.24) is 5.32 Å². The van der Waals surface area contributed by atoms with Crippen LogP contribution < -0.4 is 10.1 Å². The number of rotatable bonds is 7. The lowest BCUT2D eigenvalue weighted by Crippen LogP contribution is -2.30. The summed E-state index contributed by atoms with van der Waals surface area (Å²) < 4.78 is 6.21. The Morgan fingerprint density at radius 2 is 2.23 bits per heavy atom. The van der Waals surface area contributed by atoms with Gasteiger partial charge < -0.3 is 10.1 Å². The molecular formula is C17H20BrNO3. The van der Waals surface area contributed by atoms with E-state index < -0.39 is 0 Å². The van der Waals surface area contributed by atoms with E-state index in [4.69, 9.17) is 4.74 Å². The average Bonchev–Trinajstić information content (AvgIpc) is 2.54. The van der Waals surface area contributed by atoms with Crippen LogP contribution in [0.5, 0.6) is 5.75 Å². The Hall–Kier alpha value is -1.62. The molecule has 2 rings (SSSR count). The summed E-state index contributed by atoms with van der Waals surface area (Å²) in [6.45, 7) is 0.552. The number of carbonyl (C=O) groups is 2. The van der Waals surface area contributed by atoms with Gasteiger partial charge >= 0.3 is 0 Å². The molecule has 0 aromatic heterocycles. The molecule has 0 saturated carbocycles. The van der Waals surface area contributed by atoms with Crippen LogP contribution in [0.4, 0.5) is 0 Å². The SMILES string of the molecule is O=Cc1cc(Br)ccc1OCC(=O)NCCC1=CCCCC1. The monoisotopic (exact) mass is 365 g/mol. The van der Waals surface area contributed by atoms with Crippen molar-refractivity contribution in [1.29, 1.82) is 0 Å². The summed E-state index contributed by atoms with van der Waals surface area (Å²) in [6.07, 6.45) is 8.73. The van der Waals surface area contributed by atoms with Gasteiger partial charge in [0.05, 0.1) is 5.56 Å². The molecule has 118 valence electrons. The summed E-state index contributed by atoms with van der Waals surface area (Å²) in [4.78, 5) is 22.7. The highest BCUT2D eigenvalue weighted by Gasteiger charge is 2.08. The van der Waals surface area contributed by atoms with Crippen LogP contribution in [0.1, 0.15) is 42.5 Å². The first-order chi connectivity index (χ1) is 10.7. The van der Waals surface area contributed by atoms with Crippen LogP contribution in [-0.4, -0.2) is 25.3 Å². The molecule has 0 spiro atoms. The minimum Gasteiger partial charge on any atom is -0.483 e. The molecule has 5 heteroatoms. The van der Waals surface area contributed by atoms with Crippen LogP contribution in [-0.2, 0) is 4.79 Å². The van der Waals surface area contributed by atoms with E-state index in [-0.39, 0.29) is 12.5 Å². The highest BCUT2D eigenvalue weighted by atomic mass is 79.9. The highest BCUT2D eigenvalue weighted by molar-refractivity contribution is 9.10. The molecule has 1 amide bonds. The van der Waals surface area contributed by atoms with Gasteiger partial charge in [0.2, 0.25) is 0 Å². The minimum atomic E-state index is -0.170. The molecule has 1 N–H and O–H groups in total. The third-order valence-electron chi connectivity index (χ3n) is 3.61. The number of aldehydes is 1. The maximum atomic E-state index is 11.8. The van der Waals surface area contributed by atoms with E-state index in [1.54, 1.807) is 18.2 Å². The summed E-state index contributed by atoms with van der Waals surface area (Å²) in [6, 6.07) is 5.11. The summed E-state index contributed by atoms with van der Waals surface area (Å²) in [5, 5.41) is 2.85. The van der Waals surface area contributed by atoms with Gasteiger partial charge in [-0.25, -0.2) is 0 Å². The van der Waals surface area contributed by atoms with Gasteiger partial charge in [0.25, 0.3) is 5.91 Å². The van der Waals surface area contributed by atoms with Crippen molar-refractivity contribution in [2.24, 2.45) is 0 Å². The first-order valence-electron chi connectivity index (χ1n) is 7.51. The molecule has 0 saturated heterocycles. The predicted octanol–water partition coefficient (Wildman–Crippen LogP) is 3.65. The number of benzene rings is 1. The Morgan fingerprint density at radius 1 is 1.36 bits per heavy atom. The molecule has 1 aliphatic rings. The van der Waals surface area contributed by atoms with Crippen LogP contribution in [0.15, 0.2) is 34.3 Å². The quantitative estimate of drug-likeness (QED) is 0.592. The zero-order valence-electron chi connectivity index (χ0n) is 12.4. The molecule has 0 aliphatic heterocycles. The number of halogens is 1. The number of amides is 1. The van der Waals surface area contributed by atoms with Gasteiger partial charge in [-0.3, -0.25) is 9.59 Å². The predicted molar refractivity (Wildman–Crippen MR) is 89.2 cm³/mol. The van der Waals surface area contributed by atoms with Crippen molar-refractivity contribution in [3.05, 3.63) is 39.9 Å². The third kappa shape index (κ3) is 5.30. The zero-order chi connectivity index (χ0) is 15.8. The molecule has 22 heavy (non-hydrogen) atoms. The van der Waals surface area contributed by atoms with Gasteiger partial charge in [-0.15, -0.1) is 0 Å². The topological polar surface area (TPSA) is 55.4 Å². The number of hydrogen-bond acceptors (Lipinski definition) is 3. The summed E-state index contributed by atoms with van der Waals surface area (Å²) in [5.74, 6) is 0.250. The van der Waals surface area contributed by atoms with E-state index in [0.29, 0.717) is 24.1 Å². The van der Waals surface area contributed by atoms with Crippen molar-refractivity contribution in [2.45, 2.75) is 32.1 Å². The van der Waals surface area contributed by atoms with Crippen molar-refractivity contribution in [3.8, 4) is 5.75 Å². The van der Waals surface area contributed by atoms with Gasteiger partial charge in [-0.05, 0) is 50.3 Å². The zero-order valence-corrected chi connectivity index (χ0v) is 14.0. The lowest BCUT2D eigenvalue weighted by Gasteiger charge is -2.13. The van der Waals surface area contributed by atoms with Crippen LogP contribution in [0, 0.1) is 0 Å². The Kier molecular flexibility index (Phi) is 6.65. The number of nitrogens with one attached hydrogen (secondary N) is 1. The summed E-state index contributed by atoms with van der Waals surface area (Å²) in [7, 11) is 0. The second-order valence-electron chi connectivity index (χ2n) is 5.30. The second kappa shape index (κ2) is 8.73. The van der Waals surface area contributed by atoms with Crippen LogP contribution >= 0.6 is 15.9 Å². The molecule has 0 fully saturated rings. The lowest BCUT2D eigenvalue weighted by molar-refractivity contribution is -0.123. The number of allylic oxidation sites excluding steroid dienone is 1. The maximum absolute atomic E-state index is 11.8. The molecule has 0 bridgehead atoms. The molecule has 1 aromatic rings. The molecule has 0 radical (unpaired) electrons. The standard InChI is InChI=1S/C17H20BrNO3/c18-15-6-7-16(14(10-15)11-20)22-12-17(21)19-9-8-13-4-2-1-3-5-13/h4,6-7,10-11H,1-3,5,8-9,12H2,(H,19,21). The van der Waals surface area contributed by atoms with E-state index in [0.717, 1.165) is 23.7 Å². The number of ether oxygens (including phenoxy) is 1. The summed E-state index contributed by atoms with van der Waals surface area (Å²) >= 11 is 3.29. The molecular weight excluding hydrogens is 346 g/mol. The van der Waals surface area contributed by atoms with Crippen molar-refractivity contribution < 1.29 is 14.3 Å². The van der Waals surface area contributed by atoms with Crippen molar-refractivity contribution >= 4 is 28.1 Å². The fraction of sp³-hybridized carbons (Fsp3) is 0.412. The molecule has 4 nitrogen and oxygen atoms in total. The Balaban J connectivity index is 1.73. The van der Waals surface area contributed by atoms with Crippen LogP contribution in [0.3, 0.4) is 0 Å². The van der Waals surface area contributed by atoms with E-state index >= 15 is 0 Å². The highest BCUT2D eigenvalue weighted by Crippen LogP contribution is 2.21. The second-order valence-corrected chi connectivity index (χ2v) is 6.21. The van der Waals surface area contributed by atoms with E-state index in [9.17, 15) is 9.59 Å². The fourth-order valence-electron chi connectivity index (χ4n) is 2.43. The maximum Gasteiger partial charge on any atom is 0.257 e. The number of hydrogen-bond donors (Lipinski definition) is 1. The largest absolute Gasteiger partial charge is 0.483 e. The lowest BCUT2D eigenvalue weighted by atomic mass is 9.97. The molecule has 0 atom stereocenters. The van der Waals surface area contributed by atoms with E-state index in [2.05, 4.69) is 27.3 Å². The molecule has 0 heterocycles. The summed E-state index contributed by atoms with van der Waals surface area (Å²) in [5.41, 5.74) is 1.86. The first-order valence-corrected chi connectivity index (χ1v) is 8.30. The van der Waals surface area contributed by atoms with Gasteiger partial charge in [0.15, 0.2) is 12.9 Å². The van der Waals surface area contributed by atoms with Crippen LogP contribution in [0.25, 0.3) is 0 Å². The Bertz CT molecular complexity index is 569. The normalized spacial score (nSPS) is 14.1. The van der Waals surface area contributed by atoms with Gasteiger partial charge in [0, 0.05) is 11.0 Å². The van der Waals surface area contributed by atoms with Crippen molar-refractivity contribution in [2.75, 3.05) is 13.2 Å². The smallest absolute Gasteiger partial charge is 0.257 e. The van der Waals surface area contributed by atoms with Gasteiger partial charge in [-0.2, -0.15) is 0 Å². The Labute approximate surface area is 139 Å². The molecule has 1 aromatic carbocycles. The van der Waals surface area contributed by atoms with E-state index in [1.165, 1.54) is 18.4 Å².